The number of carbonyl (C=O) groups is 2. The third-order valence-electron chi connectivity index (χ3n) is 4.24. The molecule has 7 heteroatoms. The molecule has 1 fully saturated rings. The SMILES string of the molecule is COc1ccc(NC(=O)C2CC2C(=O)Nc2ccc(Cl)cc2)c(OC)c1. The molecule has 2 aromatic rings. The van der Waals surface area contributed by atoms with E-state index < -0.39 is 0 Å². The standard InChI is InChI=1S/C19H19ClN2O4/c1-25-13-7-8-16(17(9-13)26-2)22-19(24)15-10-14(15)18(23)21-12-5-3-11(20)4-6-12/h3-9,14-15H,10H2,1-2H3,(H,21,23)(H,22,24). The molecule has 0 aliphatic heterocycles. The molecule has 6 nitrogen and oxygen atoms in total. The van der Waals surface area contributed by atoms with Crippen LogP contribution in [-0.2, 0) is 9.59 Å². The van der Waals surface area contributed by atoms with Gasteiger partial charge in [-0.05, 0) is 42.8 Å². The third-order valence-corrected chi connectivity index (χ3v) is 4.49. The molecular formula is C19H19ClN2O4. The number of ether oxygens (including phenoxy) is 2. The minimum atomic E-state index is -0.353. The number of hydrogen-bond donors (Lipinski definition) is 2. The van der Waals surface area contributed by atoms with Gasteiger partial charge in [0.25, 0.3) is 0 Å². The number of anilines is 2. The molecular weight excluding hydrogens is 356 g/mol. The lowest BCUT2D eigenvalue weighted by molar-refractivity contribution is -0.122. The summed E-state index contributed by atoms with van der Waals surface area (Å²) in [7, 11) is 3.07. The molecule has 0 heterocycles. The van der Waals surface area contributed by atoms with E-state index in [4.69, 9.17) is 21.1 Å². The first kappa shape index (κ1) is 18.1. The Labute approximate surface area is 156 Å². The summed E-state index contributed by atoms with van der Waals surface area (Å²) in [6.07, 6.45) is 0.518. The minimum absolute atomic E-state index is 0.172. The van der Waals surface area contributed by atoms with Gasteiger partial charge in [0.1, 0.15) is 11.5 Å². The summed E-state index contributed by atoms with van der Waals surface area (Å²) in [5.41, 5.74) is 1.20. The molecule has 0 bridgehead atoms. The van der Waals surface area contributed by atoms with Crippen molar-refractivity contribution in [3.63, 3.8) is 0 Å². The molecule has 0 radical (unpaired) electrons. The van der Waals surface area contributed by atoms with Gasteiger partial charge in [-0.3, -0.25) is 9.59 Å². The summed E-state index contributed by atoms with van der Waals surface area (Å²) in [6.45, 7) is 0. The maximum Gasteiger partial charge on any atom is 0.228 e. The van der Waals surface area contributed by atoms with Crippen molar-refractivity contribution < 1.29 is 19.1 Å². The Morgan fingerprint density at radius 3 is 2.23 bits per heavy atom. The number of amides is 2. The van der Waals surface area contributed by atoms with Gasteiger partial charge in [-0.15, -0.1) is 0 Å². The van der Waals surface area contributed by atoms with Crippen molar-refractivity contribution in [2.75, 3.05) is 24.9 Å². The number of halogens is 1. The molecule has 3 rings (SSSR count). The normalized spacial score (nSPS) is 18.0. The summed E-state index contributed by atoms with van der Waals surface area (Å²) < 4.78 is 10.4. The van der Waals surface area contributed by atoms with Gasteiger partial charge in [-0.1, -0.05) is 11.6 Å². The largest absolute Gasteiger partial charge is 0.497 e. The van der Waals surface area contributed by atoms with Crippen molar-refractivity contribution in [3.8, 4) is 11.5 Å². The summed E-state index contributed by atoms with van der Waals surface area (Å²) in [4.78, 5) is 24.7. The van der Waals surface area contributed by atoms with Crippen LogP contribution in [0.25, 0.3) is 0 Å². The Bertz CT molecular complexity index is 823. The molecule has 0 aromatic heterocycles. The van der Waals surface area contributed by atoms with Gasteiger partial charge in [0.15, 0.2) is 0 Å². The summed E-state index contributed by atoms with van der Waals surface area (Å²) >= 11 is 5.82. The Kier molecular flexibility index (Phi) is 5.32. The average Bonchev–Trinajstić information content (AvgIpc) is 3.45. The highest BCUT2D eigenvalue weighted by Crippen LogP contribution is 2.41. The number of methoxy groups -OCH3 is 2. The molecule has 2 N–H and O–H groups in total. The Morgan fingerprint density at radius 1 is 0.962 bits per heavy atom. The van der Waals surface area contributed by atoms with Crippen LogP contribution in [0.4, 0.5) is 11.4 Å². The summed E-state index contributed by atoms with van der Waals surface area (Å²) in [5.74, 6) is 0.0647. The molecule has 136 valence electrons. The van der Waals surface area contributed by atoms with Crippen molar-refractivity contribution >= 4 is 34.8 Å². The van der Waals surface area contributed by atoms with Crippen molar-refractivity contribution in [1.29, 1.82) is 0 Å². The molecule has 2 unspecified atom stereocenters. The topological polar surface area (TPSA) is 76.7 Å². The van der Waals surface area contributed by atoms with Crippen molar-refractivity contribution in [3.05, 3.63) is 47.5 Å². The maximum atomic E-state index is 12.4. The summed E-state index contributed by atoms with van der Waals surface area (Å²) in [5, 5.41) is 6.21. The van der Waals surface area contributed by atoms with Gasteiger partial charge in [0.2, 0.25) is 11.8 Å². The van der Waals surface area contributed by atoms with Gasteiger partial charge in [-0.25, -0.2) is 0 Å². The fourth-order valence-corrected chi connectivity index (χ4v) is 2.80. The average molecular weight is 375 g/mol. The Hall–Kier alpha value is -2.73. The number of benzene rings is 2. The molecule has 1 aliphatic rings. The zero-order valence-electron chi connectivity index (χ0n) is 14.4. The van der Waals surface area contributed by atoms with Gasteiger partial charge in [0.05, 0.1) is 31.7 Å². The van der Waals surface area contributed by atoms with Crippen LogP contribution in [0.1, 0.15) is 6.42 Å². The quantitative estimate of drug-likeness (QED) is 0.810. The molecule has 0 spiro atoms. The Morgan fingerprint density at radius 2 is 1.62 bits per heavy atom. The lowest BCUT2D eigenvalue weighted by Crippen LogP contribution is -2.20. The first-order valence-corrected chi connectivity index (χ1v) is 8.49. The minimum Gasteiger partial charge on any atom is -0.497 e. The van der Waals surface area contributed by atoms with Crippen molar-refractivity contribution in [2.45, 2.75) is 6.42 Å². The van der Waals surface area contributed by atoms with Gasteiger partial charge < -0.3 is 20.1 Å². The molecule has 2 amide bonds. The molecule has 26 heavy (non-hydrogen) atoms. The van der Waals surface area contributed by atoms with Crippen LogP contribution in [0.15, 0.2) is 42.5 Å². The second-order valence-electron chi connectivity index (χ2n) is 6.00. The highest BCUT2D eigenvalue weighted by molar-refractivity contribution is 6.30. The zero-order valence-corrected chi connectivity index (χ0v) is 15.2. The second kappa shape index (κ2) is 7.66. The molecule has 2 aromatic carbocycles. The van der Waals surface area contributed by atoms with E-state index in [0.717, 1.165) is 0 Å². The monoisotopic (exact) mass is 374 g/mol. The van der Waals surface area contributed by atoms with Crippen LogP contribution in [-0.4, -0.2) is 26.0 Å². The maximum absolute atomic E-state index is 12.4. The number of hydrogen-bond acceptors (Lipinski definition) is 4. The molecule has 0 saturated heterocycles. The van der Waals surface area contributed by atoms with E-state index in [2.05, 4.69) is 10.6 Å². The predicted octanol–water partition coefficient (Wildman–Crippen LogP) is 3.57. The second-order valence-corrected chi connectivity index (χ2v) is 6.44. The molecule has 1 aliphatic carbocycles. The number of rotatable bonds is 6. The van der Waals surface area contributed by atoms with Crippen molar-refractivity contribution in [1.82, 2.24) is 0 Å². The van der Waals surface area contributed by atoms with Gasteiger partial charge >= 0.3 is 0 Å². The van der Waals surface area contributed by atoms with Crippen LogP contribution in [0.3, 0.4) is 0 Å². The molecule has 1 saturated carbocycles. The molecule has 2 atom stereocenters. The van der Waals surface area contributed by atoms with Gasteiger partial charge in [-0.2, -0.15) is 0 Å². The van der Waals surface area contributed by atoms with E-state index in [0.29, 0.717) is 34.3 Å². The fourth-order valence-electron chi connectivity index (χ4n) is 2.67. The lowest BCUT2D eigenvalue weighted by Gasteiger charge is -2.11. The van der Waals surface area contributed by atoms with Crippen LogP contribution in [0.2, 0.25) is 5.02 Å². The van der Waals surface area contributed by atoms with E-state index in [1.165, 1.54) is 7.11 Å². The van der Waals surface area contributed by atoms with Crippen LogP contribution >= 0.6 is 11.6 Å². The highest BCUT2D eigenvalue weighted by Gasteiger charge is 2.48. The first-order chi connectivity index (χ1) is 12.5. The first-order valence-electron chi connectivity index (χ1n) is 8.11. The highest BCUT2D eigenvalue weighted by atomic mass is 35.5. The smallest absolute Gasteiger partial charge is 0.228 e. The van der Waals surface area contributed by atoms with Crippen LogP contribution in [0, 0.1) is 11.8 Å². The van der Waals surface area contributed by atoms with Crippen LogP contribution < -0.4 is 20.1 Å². The lowest BCUT2D eigenvalue weighted by atomic mass is 10.2. The van der Waals surface area contributed by atoms with E-state index >= 15 is 0 Å². The number of carbonyl (C=O) groups excluding carboxylic acids is 2. The summed E-state index contributed by atoms with van der Waals surface area (Å²) in [6, 6.07) is 12.0. The van der Waals surface area contributed by atoms with Crippen LogP contribution in [0.5, 0.6) is 11.5 Å². The Balaban J connectivity index is 1.59. The zero-order chi connectivity index (χ0) is 18.7. The van der Waals surface area contributed by atoms with E-state index in [1.807, 2.05) is 0 Å². The van der Waals surface area contributed by atoms with E-state index in [1.54, 1.807) is 49.6 Å². The number of nitrogens with one attached hydrogen (secondary N) is 2. The predicted molar refractivity (Wildman–Crippen MR) is 99.9 cm³/mol. The van der Waals surface area contributed by atoms with Gasteiger partial charge in [0, 0.05) is 16.8 Å². The van der Waals surface area contributed by atoms with E-state index in [-0.39, 0.29) is 23.7 Å². The third kappa shape index (κ3) is 4.08. The van der Waals surface area contributed by atoms with Crippen molar-refractivity contribution in [2.24, 2.45) is 11.8 Å². The fraction of sp³-hybridized carbons (Fsp3) is 0.263. The van der Waals surface area contributed by atoms with E-state index in [9.17, 15) is 9.59 Å².